The average molecular weight is 209 g/mol. The largest absolute Gasteiger partial charge is 0.359 e. The van der Waals surface area contributed by atoms with E-state index in [2.05, 4.69) is 34.9 Å². The maximum atomic E-state index is 4.25. The lowest BCUT2D eigenvalue weighted by molar-refractivity contribution is 0.476. The second kappa shape index (κ2) is 6.49. The van der Waals surface area contributed by atoms with Gasteiger partial charge in [0, 0.05) is 25.5 Å². The van der Waals surface area contributed by atoms with E-state index in [1.807, 2.05) is 13.2 Å². The molecule has 1 N–H and O–H groups in total. The van der Waals surface area contributed by atoms with Crippen LogP contribution in [0, 0.1) is 0 Å². The molecule has 1 rings (SSSR count). The molecule has 1 aromatic rings. The standard InChI is InChI=1S/C12H23N3/c1-4-5-6-7-8-11(2)15-10-9-14-12(15)13-3/h9-11H,4-8H2,1-3H3,(H,13,14). The van der Waals surface area contributed by atoms with Gasteiger partial charge in [0.25, 0.3) is 0 Å². The van der Waals surface area contributed by atoms with Crippen molar-refractivity contribution in [3.05, 3.63) is 12.4 Å². The molecule has 1 unspecified atom stereocenters. The summed E-state index contributed by atoms with van der Waals surface area (Å²) in [5.74, 6) is 0.970. The Morgan fingerprint density at radius 1 is 1.40 bits per heavy atom. The number of hydrogen-bond acceptors (Lipinski definition) is 2. The van der Waals surface area contributed by atoms with Crippen LogP contribution in [0.15, 0.2) is 12.4 Å². The van der Waals surface area contributed by atoms with Crippen molar-refractivity contribution in [3.63, 3.8) is 0 Å². The molecule has 0 radical (unpaired) electrons. The second-order valence-corrected chi connectivity index (χ2v) is 4.11. The van der Waals surface area contributed by atoms with Gasteiger partial charge >= 0.3 is 0 Å². The van der Waals surface area contributed by atoms with E-state index in [4.69, 9.17) is 0 Å². The number of nitrogens with one attached hydrogen (secondary N) is 1. The van der Waals surface area contributed by atoms with Gasteiger partial charge in [-0.25, -0.2) is 4.98 Å². The zero-order valence-electron chi connectivity index (χ0n) is 10.2. The molecule has 86 valence electrons. The van der Waals surface area contributed by atoms with Crippen molar-refractivity contribution in [2.45, 2.75) is 52.0 Å². The third-order valence-electron chi connectivity index (χ3n) is 2.84. The summed E-state index contributed by atoms with van der Waals surface area (Å²) in [5.41, 5.74) is 0. The molecule has 0 aromatic carbocycles. The summed E-state index contributed by atoms with van der Waals surface area (Å²) in [7, 11) is 1.92. The van der Waals surface area contributed by atoms with Crippen molar-refractivity contribution >= 4 is 5.95 Å². The lowest BCUT2D eigenvalue weighted by Crippen LogP contribution is -2.08. The van der Waals surface area contributed by atoms with E-state index < -0.39 is 0 Å². The van der Waals surface area contributed by atoms with Gasteiger partial charge in [0.05, 0.1) is 0 Å². The van der Waals surface area contributed by atoms with Crippen molar-refractivity contribution in [1.29, 1.82) is 0 Å². The summed E-state index contributed by atoms with van der Waals surface area (Å²) in [6.07, 6.45) is 10.5. The molecular formula is C12H23N3. The second-order valence-electron chi connectivity index (χ2n) is 4.11. The molecule has 3 heteroatoms. The van der Waals surface area contributed by atoms with Crippen molar-refractivity contribution in [3.8, 4) is 0 Å². The number of aromatic nitrogens is 2. The lowest BCUT2D eigenvalue weighted by Gasteiger charge is -2.15. The monoisotopic (exact) mass is 209 g/mol. The van der Waals surface area contributed by atoms with Gasteiger partial charge in [-0.1, -0.05) is 32.6 Å². The molecule has 1 aromatic heterocycles. The first-order valence-corrected chi connectivity index (χ1v) is 6.00. The van der Waals surface area contributed by atoms with Crippen LogP contribution in [-0.4, -0.2) is 16.6 Å². The van der Waals surface area contributed by atoms with Crippen molar-refractivity contribution in [2.24, 2.45) is 0 Å². The predicted molar refractivity (Wildman–Crippen MR) is 65.2 cm³/mol. The van der Waals surface area contributed by atoms with Crippen molar-refractivity contribution in [1.82, 2.24) is 9.55 Å². The quantitative estimate of drug-likeness (QED) is 0.697. The molecule has 0 fully saturated rings. The number of anilines is 1. The van der Waals surface area contributed by atoms with Crippen molar-refractivity contribution < 1.29 is 0 Å². The fourth-order valence-electron chi connectivity index (χ4n) is 1.87. The van der Waals surface area contributed by atoms with Gasteiger partial charge in [0.2, 0.25) is 5.95 Å². The Hall–Kier alpha value is -0.990. The topological polar surface area (TPSA) is 29.9 Å². The van der Waals surface area contributed by atoms with Gasteiger partial charge in [-0.05, 0) is 13.3 Å². The molecule has 0 aliphatic heterocycles. The molecular weight excluding hydrogens is 186 g/mol. The SMILES string of the molecule is CCCCCCC(C)n1ccnc1NC. The van der Waals surface area contributed by atoms with Crippen LogP contribution in [0.25, 0.3) is 0 Å². The first-order valence-electron chi connectivity index (χ1n) is 6.00. The smallest absolute Gasteiger partial charge is 0.202 e. The van der Waals surface area contributed by atoms with Crippen LogP contribution in [0.3, 0.4) is 0 Å². The van der Waals surface area contributed by atoms with Crippen LogP contribution in [0.4, 0.5) is 5.95 Å². The van der Waals surface area contributed by atoms with Gasteiger partial charge in [-0.2, -0.15) is 0 Å². The summed E-state index contributed by atoms with van der Waals surface area (Å²) in [4.78, 5) is 4.25. The summed E-state index contributed by atoms with van der Waals surface area (Å²) < 4.78 is 2.21. The number of hydrogen-bond donors (Lipinski definition) is 1. The van der Waals surface area contributed by atoms with Crippen LogP contribution in [0.1, 0.15) is 52.0 Å². The van der Waals surface area contributed by atoms with Crippen LogP contribution in [0.2, 0.25) is 0 Å². The normalized spacial score (nSPS) is 12.7. The van der Waals surface area contributed by atoms with Crippen LogP contribution < -0.4 is 5.32 Å². The minimum atomic E-state index is 0.548. The van der Waals surface area contributed by atoms with E-state index in [0.29, 0.717) is 6.04 Å². The maximum absolute atomic E-state index is 4.25. The summed E-state index contributed by atoms with van der Waals surface area (Å²) in [6, 6.07) is 0.548. The van der Waals surface area contributed by atoms with E-state index in [1.54, 1.807) is 0 Å². The fourth-order valence-corrected chi connectivity index (χ4v) is 1.87. The molecule has 0 saturated carbocycles. The van der Waals surface area contributed by atoms with Crippen LogP contribution in [0.5, 0.6) is 0 Å². The predicted octanol–water partition coefficient (Wildman–Crippen LogP) is 3.46. The maximum Gasteiger partial charge on any atom is 0.202 e. The average Bonchev–Trinajstić information content (AvgIpc) is 2.72. The Morgan fingerprint density at radius 3 is 2.87 bits per heavy atom. The Morgan fingerprint density at radius 2 is 2.20 bits per heavy atom. The summed E-state index contributed by atoms with van der Waals surface area (Å²) >= 11 is 0. The third kappa shape index (κ3) is 3.57. The summed E-state index contributed by atoms with van der Waals surface area (Å²) in [5, 5.41) is 3.11. The highest BCUT2D eigenvalue weighted by molar-refractivity contribution is 5.24. The molecule has 3 nitrogen and oxygen atoms in total. The molecule has 0 aliphatic rings. The van der Waals surface area contributed by atoms with Crippen molar-refractivity contribution in [2.75, 3.05) is 12.4 Å². The highest BCUT2D eigenvalue weighted by atomic mass is 15.2. The first-order chi connectivity index (χ1) is 7.29. The highest BCUT2D eigenvalue weighted by Crippen LogP contribution is 2.19. The zero-order valence-corrected chi connectivity index (χ0v) is 10.2. The molecule has 15 heavy (non-hydrogen) atoms. The first kappa shape index (κ1) is 12.1. The van der Waals surface area contributed by atoms with Crippen LogP contribution >= 0.6 is 0 Å². The molecule has 1 heterocycles. The fraction of sp³-hybridized carbons (Fsp3) is 0.750. The van der Waals surface area contributed by atoms with E-state index in [-0.39, 0.29) is 0 Å². The Balaban J connectivity index is 2.36. The lowest BCUT2D eigenvalue weighted by atomic mass is 10.1. The van der Waals surface area contributed by atoms with Gasteiger partial charge < -0.3 is 9.88 Å². The Bertz CT molecular complexity index is 268. The number of imidazole rings is 1. The third-order valence-corrected chi connectivity index (χ3v) is 2.84. The zero-order chi connectivity index (χ0) is 11.1. The minimum absolute atomic E-state index is 0.548. The number of rotatable bonds is 7. The molecule has 0 spiro atoms. The van der Waals surface area contributed by atoms with Crippen LogP contribution in [-0.2, 0) is 0 Å². The minimum Gasteiger partial charge on any atom is -0.359 e. The van der Waals surface area contributed by atoms with E-state index in [9.17, 15) is 0 Å². The number of unbranched alkanes of at least 4 members (excludes halogenated alkanes) is 3. The molecule has 0 saturated heterocycles. The molecule has 0 amide bonds. The Labute approximate surface area is 92.9 Å². The van der Waals surface area contributed by atoms with Gasteiger partial charge in [0.1, 0.15) is 0 Å². The molecule has 1 atom stereocenters. The highest BCUT2D eigenvalue weighted by Gasteiger charge is 2.07. The summed E-state index contributed by atoms with van der Waals surface area (Å²) in [6.45, 7) is 4.51. The van der Waals surface area contributed by atoms with E-state index >= 15 is 0 Å². The van der Waals surface area contributed by atoms with E-state index in [1.165, 1.54) is 32.1 Å². The Kier molecular flexibility index (Phi) is 5.22. The number of nitrogens with zero attached hydrogens (tertiary/aromatic N) is 2. The van der Waals surface area contributed by atoms with E-state index in [0.717, 1.165) is 5.95 Å². The van der Waals surface area contributed by atoms with Gasteiger partial charge in [-0.3, -0.25) is 0 Å². The van der Waals surface area contributed by atoms with Gasteiger partial charge in [0.15, 0.2) is 0 Å². The van der Waals surface area contributed by atoms with Gasteiger partial charge in [-0.15, -0.1) is 0 Å². The molecule has 0 aliphatic carbocycles. The molecule has 0 bridgehead atoms.